The Balaban J connectivity index is 1.35. The summed E-state index contributed by atoms with van der Waals surface area (Å²) >= 11 is 0. The molecular weight excluding hydrogens is 422 g/mol. The van der Waals surface area contributed by atoms with Crippen LogP contribution in [0.4, 0.5) is 0 Å². The van der Waals surface area contributed by atoms with Crippen LogP contribution < -0.4 is 14.2 Å². The van der Waals surface area contributed by atoms with Gasteiger partial charge in [0.2, 0.25) is 5.88 Å². The van der Waals surface area contributed by atoms with E-state index in [0.717, 1.165) is 35.6 Å². The Morgan fingerprint density at radius 1 is 0.706 bits per heavy atom. The number of aromatic nitrogens is 1. The number of hydrogen-bond acceptors (Lipinski definition) is 4. The number of pyridine rings is 1. The predicted octanol–water partition coefficient (Wildman–Crippen LogP) is 7.17. The molecule has 0 amide bonds. The van der Waals surface area contributed by atoms with Crippen LogP contribution in [-0.4, -0.2) is 24.8 Å². The van der Waals surface area contributed by atoms with Crippen LogP contribution in [0, 0.1) is 0 Å². The maximum Gasteiger partial charge on any atom is 0.213 e. The van der Waals surface area contributed by atoms with Gasteiger partial charge in [0.05, 0.1) is 25.5 Å². The minimum Gasteiger partial charge on any atom is -0.494 e. The molecule has 34 heavy (non-hydrogen) atoms. The van der Waals surface area contributed by atoms with E-state index in [4.69, 9.17) is 19.2 Å². The fraction of sp³-hybridized carbons (Fsp3) is 0.233. The van der Waals surface area contributed by atoms with Gasteiger partial charge in [0, 0.05) is 23.6 Å². The fourth-order valence-corrected chi connectivity index (χ4v) is 3.86. The highest BCUT2D eigenvalue weighted by atomic mass is 16.5. The summed E-state index contributed by atoms with van der Waals surface area (Å²) in [5, 5.41) is 0. The highest BCUT2D eigenvalue weighted by Crippen LogP contribution is 2.25. The first-order valence-electron chi connectivity index (χ1n) is 11.9. The van der Waals surface area contributed by atoms with Gasteiger partial charge in [-0.3, -0.25) is 0 Å². The lowest BCUT2D eigenvalue weighted by Crippen LogP contribution is -2.13. The zero-order valence-electron chi connectivity index (χ0n) is 19.6. The summed E-state index contributed by atoms with van der Waals surface area (Å²) in [5.41, 5.74) is 3.26. The van der Waals surface area contributed by atoms with Crippen LogP contribution in [0.25, 0.3) is 11.3 Å². The molecule has 1 aromatic heterocycles. The molecule has 0 N–H and O–H groups in total. The molecule has 4 rings (SSSR count). The van der Waals surface area contributed by atoms with Crippen molar-refractivity contribution in [3.63, 3.8) is 0 Å². The molecule has 1 unspecified atom stereocenters. The van der Waals surface area contributed by atoms with Crippen molar-refractivity contribution < 1.29 is 14.2 Å². The Bertz CT molecular complexity index is 1130. The molecule has 0 saturated heterocycles. The molecule has 3 aromatic carbocycles. The van der Waals surface area contributed by atoms with E-state index in [0.29, 0.717) is 25.7 Å². The Labute approximate surface area is 202 Å². The van der Waals surface area contributed by atoms with Crippen molar-refractivity contribution in [2.24, 2.45) is 0 Å². The third-order valence-corrected chi connectivity index (χ3v) is 5.58. The smallest absolute Gasteiger partial charge is 0.213 e. The predicted molar refractivity (Wildman–Crippen MR) is 137 cm³/mol. The van der Waals surface area contributed by atoms with Crippen molar-refractivity contribution in [1.82, 2.24) is 4.98 Å². The lowest BCUT2D eigenvalue weighted by Gasteiger charge is -2.18. The van der Waals surface area contributed by atoms with Crippen LogP contribution in [0.15, 0.2) is 103 Å². The van der Waals surface area contributed by atoms with Crippen LogP contribution >= 0.6 is 0 Å². The number of hydrogen-bond donors (Lipinski definition) is 0. The second kappa shape index (κ2) is 12.4. The lowest BCUT2D eigenvalue weighted by atomic mass is 9.95. The highest BCUT2D eigenvalue weighted by molar-refractivity contribution is 5.59. The van der Waals surface area contributed by atoms with E-state index in [2.05, 4.69) is 36.4 Å². The summed E-state index contributed by atoms with van der Waals surface area (Å²) in [6.07, 6.45) is 1.87. The molecule has 0 aliphatic carbocycles. The molecule has 1 heterocycles. The van der Waals surface area contributed by atoms with Crippen molar-refractivity contribution in [1.29, 1.82) is 0 Å². The molecule has 0 spiro atoms. The van der Waals surface area contributed by atoms with Crippen molar-refractivity contribution in [2.75, 3.05) is 19.8 Å². The second-order valence-electron chi connectivity index (χ2n) is 8.04. The number of benzene rings is 3. The average Bonchev–Trinajstić information content (AvgIpc) is 2.90. The monoisotopic (exact) mass is 453 g/mol. The van der Waals surface area contributed by atoms with Crippen molar-refractivity contribution >= 4 is 0 Å². The first kappa shape index (κ1) is 23.4. The van der Waals surface area contributed by atoms with Crippen LogP contribution in [0.2, 0.25) is 0 Å². The van der Waals surface area contributed by atoms with E-state index < -0.39 is 0 Å². The van der Waals surface area contributed by atoms with Gasteiger partial charge < -0.3 is 14.2 Å². The van der Waals surface area contributed by atoms with Gasteiger partial charge in [0.25, 0.3) is 0 Å². The van der Waals surface area contributed by atoms with Gasteiger partial charge in [-0.05, 0) is 43.5 Å². The molecule has 1 atom stereocenters. The maximum absolute atomic E-state index is 6.17. The highest BCUT2D eigenvalue weighted by Gasteiger charge is 2.13. The third-order valence-electron chi connectivity index (χ3n) is 5.58. The Morgan fingerprint density at radius 3 is 2.18 bits per heavy atom. The standard InChI is InChI=1S/C30H31NO3/c1-2-32-27-17-9-18-28(22-27)33-21-11-16-26(24-12-5-3-6-13-24)23-34-30-20-10-19-29(31-30)25-14-7-4-8-15-25/h3-10,12-15,17-20,22,26H,2,11,16,21,23H2,1H3. The first-order valence-corrected chi connectivity index (χ1v) is 11.9. The molecule has 0 radical (unpaired) electrons. The van der Waals surface area contributed by atoms with Gasteiger partial charge in [-0.1, -0.05) is 72.8 Å². The normalized spacial score (nSPS) is 11.6. The molecule has 0 saturated carbocycles. The number of ether oxygens (including phenoxy) is 3. The summed E-state index contributed by atoms with van der Waals surface area (Å²) in [4.78, 5) is 4.71. The molecular formula is C30H31NO3. The Kier molecular flexibility index (Phi) is 8.56. The van der Waals surface area contributed by atoms with E-state index >= 15 is 0 Å². The van der Waals surface area contributed by atoms with Crippen LogP contribution in [-0.2, 0) is 0 Å². The summed E-state index contributed by atoms with van der Waals surface area (Å²) in [5.74, 6) is 2.56. The van der Waals surface area contributed by atoms with Gasteiger partial charge in [0.1, 0.15) is 11.5 Å². The van der Waals surface area contributed by atoms with Crippen LogP contribution in [0.1, 0.15) is 31.2 Å². The number of nitrogens with zero attached hydrogens (tertiary/aromatic N) is 1. The molecule has 0 fully saturated rings. The van der Waals surface area contributed by atoms with Gasteiger partial charge >= 0.3 is 0 Å². The van der Waals surface area contributed by atoms with Crippen LogP contribution in [0.5, 0.6) is 17.4 Å². The van der Waals surface area contributed by atoms with E-state index in [1.54, 1.807) is 0 Å². The summed E-state index contributed by atoms with van der Waals surface area (Å²) in [6.45, 7) is 3.83. The van der Waals surface area contributed by atoms with Gasteiger partial charge in [0.15, 0.2) is 0 Å². The molecule has 4 nitrogen and oxygen atoms in total. The zero-order chi connectivity index (χ0) is 23.4. The number of rotatable bonds is 12. The van der Waals surface area contributed by atoms with Gasteiger partial charge in [-0.2, -0.15) is 0 Å². The second-order valence-corrected chi connectivity index (χ2v) is 8.04. The fourth-order valence-electron chi connectivity index (χ4n) is 3.86. The SMILES string of the molecule is CCOc1cccc(OCCCC(COc2cccc(-c3ccccc3)n2)c2ccccc2)c1. The van der Waals surface area contributed by atoms with Crippen molar-refractivity contribution in [3.8, 4) is 28.6 Å². The molecule has 4 aromatic rings. The minimum absolute atomic E-state index is 0.252. The summed E-state index contributed by atoms with van der Waals surface area (Å²) in [6, 6.07) is 34.4. The lowest BCUT2D eigenvalue weighted by molar-refractivity contribution is 0.252. The molecule has 0 aliphatic rings. The average molecular weight is 454 g/mol. The van der Waals surface area contributed by atoms with Gasteiger partial charge in [-0.15, -0.1) is 0 Å². The molecule has 0 aliphatic heterocycles. The molecule has 0 bridgehead atoms. The molecule has 174 valence electrons. The molecule has 4 heteroatoms. The Hall–Kier alpha value is -3.79. The van der Waals surface area contributed by atoms with Gasteiger partial charge in [-0.25, -0.2) is 4.98 Å². The van der Waals surface area contributed by atoms with Crippen molar-refractivity contribution in [3.05, 3.63) is 109 Å². The van der Waals surface area contributed by atoms with Crippen molar-refractivity contribution in [2.45, 2.75) is 25.7 Å². The Morgan fingerprint density at radius 2 is 1.41 bits per heavy atom. The van der Waals surface area contributed by atoms with Crippen LogP contribution in [0.3, 0.4) is 0 Å². The van der Waals surface area contributed by atoms with E-state index in [1.807, 2.05) is 73.7 Å². The summed E-state index contributed by atoms with van der Waals surface area (Å²) in [7, 11) is 0. The third kappa shape index (κ3) is 6.85. The quantitative estimate of drug-likeness (QED) is 0.213. The van der Waals surface area contributed by atoms with E-state index in [1.165, 1.54) is 5.56 Å². The van der Waals surface area contributed by atoms with E-state index in [-0.39, 0.29) is 5.92 Å². The largest absolute Gasteiger partial charge is 0.494 e. The summed E-state index contributed by atoms with van der Waals surface area (Å²) < 4.78 is 17.7. The maximum atomic E-state index is 6.17. The minimum atomic E-state index is 0.252. The zero-order valence-corrected chi connectivity index (χ0v) is 19.6. The van der Waals surface area contributed by atoms with E-state index in [9.17, 15) is 0 Å². The first-order chi connectivity index (χ1) is 16.8. The topological polar surface area (TPSA) is 40.6 Å².